The fourth-order valence-corrected chi connectivity index (χ4v) is 5.09. The molecular formula is C29H33N5O2. The Morgan fingerprint density at radius 1 is 0.917 bits per heavy atom. The summed E-state index contributed by atoms with van der Waals surface area (Å²) in [6.07, 6.45) is 5.99. The van der Waals surface area contributed by atoms with Gasteiger partial charge in [-0.2, -0.15) is 0 Å². The fourth-order valence-electron chi connectivity index (χ4n) is 5.09. The minimum atomic E-state index is -0.124. The lowest BCUT2D eigenvalue weighted by molar-refractivity contribution is -0.118. The van der Waals surface area contributed by atoms with Crippen LogP contribution < -0.4 is 15.1 Å². The number of rotatable bonds is 7. The number of carbonyl (C=O) groups excluding carboxylic acids is 2. The van der Waals surface area contributed by atoms with Gasteiger partial charge in [0.25, 0.3) is 5.91 Å². The normalized spacial score (nSPS) is 15.6. The van der Waals surface area contributed by atoms with Crippen molar-refractivity contribution in [3.05, 3.63) is 83.7 Å². The summed E-state index contributed by atoms with van der Waals surface area (Å²) in [6.45, 7) is 7.42. The smallest absolute Gasteiger partial charge is 0.255 e. The van der Waals surface area contributed by atoms with E-state index < -0.39 is 0 Å². The summed E-state index contributed by atoms with van der Waals surface area (Å²) in [6, 6.07) is 17.8. The van der Waals surface area contributed by atoms with Crippen molar-refractivity contribution in [1.29, 1.82) is 0 Å². The van der Waals surface area contributed by atoms with Crippen LogP contribution in [-0.2, 0) is 17.6 Å². The van der Waals surface area contributed by atoms with Gasteiger partial charge in [0.2, 0.25) is 5.91 Å². The van der Waals surface area contributed by atoms with Gasteiger partial charge in [0, 0.05) is 69.3 Å². The van der Waals surface area contributed by atoms with Crippen molar-refractivity contribution in [3.8, 4) is 0 Å². The van der Waals surface area contributed by atoms with Crippen LogP contribution in [0.25, 0.3) is 0 Å². The number of amides is 2. The van der Waals surface area contributed by atoms with Gasteiger partial charge in [-0.15, -0.1) is 0 Å². The van der Waals surface area contributed by atoms with E-state index in [0.717, 1.165) is 68.2 Å². The zero-order valence-electron chi connectivity index (χ0n) is 20.8. The molecule has 0 saturated carbocycles. The number of para-hydroxylation sites is 2. The van der Waals surface area contributed by atoms with Gasteiger partial charge in [-0.3, -0.25) is 19.5 Å². The van der Waals surface area contributed by atoms with E-state index in [1.807, 2.05) is 60.6 Å². The Morgan fingerprint density at radius 3 is 2.47 bits per heavy atom. The van der Waals surface area contributed by atoms with Crippen LogP contribution in [0.4, 0.5) is 17.1 Å². The molecule has 5 rings (SSSR count). The lowest BCUT2D eigenvalue weighted by Gasteiger charge is -2.37. The molecule has 0 atom stereocenters. The number of hydrogen-bond donors (Lipinski definition) is 1. The van der Waals surface area contributed by atoms with E-state index in [2.05, 4.69) is 38.3 Å². The molecule has 0 unspecified atom stereocenters. The Hall–Kier alpha value is -3.71. The molecule has 2 amide bonds. The van der Waals surface area contributed by atoms with Gasteiger partial charge in [-0.1, -0.05) is 19.1 Å². The van der Waals surface area contributed by atoms with E-state index in [1.54, 1.807) is 0 Å². The summed E-state index contributed by atoms with van der Waals surface area (Å²) in [4.78, 5) is 36.1. The zero-order chi connectivity index (χ0) is 24.9. The van der Waals surface area contributed by atoms with Gasteiger partial charge in [0.1, 0.15) is 0 Å². The molecule has 36 heavy (non-hydrogen) atoms. The first-order valence-corrected chi connectivity index (χ1v) is 12.8. The quantitative estimate of drug-likeness (QED) is 0.550. The number of carbonyl (C=O) groups is 2. The number of piperazine rings is 1. The van der Waals surface area contributed by atoms with Gasteiger partial charge in [-0.25, -0.2) is 0 Å². The number of benzene rings is 2. The monoisotopic (exact) mass is 483 g/mol. The molecule has 2 aliphatic heterocycles. The number of aromatic nitrogens is 1. The number of pyridine rings is 1. The Morgan fingerprint density at radius 2 is 1.69 bits per heavy atom. The molecule has 186 valence electrons. The standard InChI is InChI=1S/C29H33N5O2/c1-2-28(35)34-16-12-23-21-24(7-8-26(23)34)29(36)31-25-5-3-4-6-27(25)33-19-17-32(18-20-33)15-11-22-9-13-30-14-10-22/h3-10,13-14,21H,2,11-12,15-20H2,1H3,(H,31,36). The number of nitrogens with one attached hydrogen (secondary N) is 1. The highest BCUT2D eigenvalue weighted by Crippen LogP contribution is 2.31. The minimum Gasteiger partial charge on any atom is -0.367 e. The molecule has 1 fully saturated rings. The second kappa shape index (κ2) is 10.9. The number of nitrogens with zero attached hydrogens (tertiary/aromatic N) is 4. The first-order valence-electron chi connectivity index (χ1n) is 12.8. The average Bonchev–Trinajstić information content (AvgIpc) is 3.36. The Balaban J connectivity index is 1.21. The van der Waals surface area contributed by atoms with Crippen molar-refractivity contribution in [2.75, 3.05) is 54.4 Å². The van der Waals surface area contributed by atoms with Crippen LogP contribution in [0.15, 0.2) is 67.0 Å². The van der Waals surface area contributed by atoms with Crippen molar-refractivity contribution in [2.24, 2.45) is 0 Å². The van der Waals surface area contributed by atoms with Crippen LogP contribution in [0.2, 0.25) is 0 Å². The Kier molecular flexibility index (Phi) is 7.28. The Labute approximate surface area is 212 Å². The van der Waals surface area contributed by atoms with Crippen molar-refractivity contribution < 1.29 is 9.59 Å². The second-order valence-corrected chi connectivity index (χ2v) is 9.40. The zero-order valence-corrected chi connectivity index (χ0v) is 20.8. The maximum absolute atomic E-state index is 13.2. The molecule has 0 spiro atoms. The fraction of sp³-hybridized carbons (Fsp3) is 0.345. The van der Waals surface area contributed by atoms with Gasteiger partial charge in [-0.05, 0) is 66.4 Å². The maximum atomic E-state index is 13.2. The molecule has 0 bridgehead atoms. The molecule has 3 heterocycles. The predicted octanol–water partition coefficient (Wildman–Crippen LogP) is 4.00. The molecule has 2 aromatic carbocycles. The topological polar surface area (TPSA) is 68.8 Å². The number of fused-ring (bicyclic) bond motifs is 1. The third kappa shape index (κ3) is 5.26. The van der Waals surface area contributed by atoms with Crippen LogP contribution in [0.5, 0.6) is 0 Å². The molecule has 7 nitrogen and oxygen atoms in total. The average molecular weight is 484 g/mol. The van der Waals surface area contributed by atoms with Crippen LogP contribution in [0.1, 0.15) is 34.8 Å². The SMILES string of the molecule is CCC(=O)N1CCc2cc(C(=O)Nc3ccccc3N3CCN(CCc4ccncc4)CC3)ccc21. The lowest BCUT2D eigenvalue weighted by atomic mass is 10.1. The first kappa shape index (κ1) is 24.0. The van der Waals surface area contributed by atoms with Crippen LogP contribution in [-0.4, -0.2) is 61.0 Å². The van der Waals surface area contributed by atoms with E-state index in [9.17, 15) is 9.59 Å². The predicted molar refractivity (Wildman–Crippen MR) is 144 cm³/mol. The third-order valence-electron chi connectivity index (χ3n) is 7.17. The lowest BCUT2D eigenvalue weighted by Crippen LogP contribution is -2.47. The molecule has 1 saturated heterocycles. The molecule has 1 aromatic heterocycles. The molecular weight excluding hydrogens is 450 g/mol. The van der Waals surface area contributed by atoms with Crippen LogP contribution in [0, 0.1) is 0 Å². The Bertz CT molecular complexity index is 1220. The number of anilines is 3. The van der Waals surface area contributed by atoms with Crippen LogP contribution >= 0.6 is 0 Å². The van der Waals surface area contributed by atoms with Gasteiger partial charge < -0.3 is 15.1 Å². The van der Waals surface area contributed by atoms with E-state index in [1.165, 1.54) is 5.56 Å². The molecule has 1 N–H and O–H groups in total. The molecule has 0 aliphatic carbocycles. The van der Waals surface area contributed by atoms with Gasteiger partial charge in [0.15, 0.2) is 0 Å². The summed E-state index contributed by atoms with van der Waals surface area (Å²) in [5, 5.41) is 3.14. The van der Waals surface area contributed by atoms with E-state index >= 15 is 0 Å². The number of hydrogen-bond acceptors (Lipinski definition) is 5. The highest BCUT2D eigenvalue weighted by atomic mass is 16.2. The van der Waals surface area contributed by atoms with E-state index in [0.29, 0.717) is 18.5 Å². The van der Waals surface area contributed by atoms with Crippen molar-refractivity contribution in [3.63, 3.8) is 0 Å². The second-order valence-electron chi connectivity index (χ2n) is 9.40. The maximum Gasteiger partial charge on any atom is 0.255 e. The van der Waals surface area contributed by atoms with E-state index in [-0.39, 0.29) is 11.8 Å². The molecule has 0 radical (unpaired) electrons. The summed E-state index contributed by atoms with van der Waals surface area (Å²) >= 11 is 0. The molecule has 7 heteroatoms. The first-order chi connectivity index (χ1) is 17.6. The highest BCUT2D eigenvalue weighted by molar-refractivity contribution is 6.07. The largest absolute Gasteiger partial charge is 0.367 e. The third-order valence-corrected chi connectivity index (χ3v) is 7.17. The van der Waals surface area contributed by atoms with E-state index in [4.69, 9.17) is 0 Å². The molecule has 2 aliphatic rings. The summed E-state index contributed by atoms with van der Waals surface area (Å²) in [5.41, 5.74) is 5.81. The van der Waals surface area contributed by atoms with Crippen LogP contribution in [0.3, 0.4) is 0 Å². The van der Waals surface area contributed by atoms with Crippen molar-refractivity contribution in [1.82, 2.24) is 9.88 Å². The van der Waals surface area contributed by atoms with Crippen molar-refractivity contribution >= 4 is 28.9 Å². The van der Waals surface area contributed by atoms with Gasteiger partial charge >= 0.3 is 0 Å². The minimum absolute atomic E-state index is 0.123. The van der Waals surface area contributed by atoms with Crippen molar-refractivity contribution in [2.45, 2.75) is 26.2 Å². The van der Waals surface area contributed by atoms with Gasteiger partial charge in [0.05, 0.1) is 11.4 Å². The summed E-state index contributed by atoms with van der Waals surface area (Å²) in [5.74, 6) is -0.00107. The summed E-state index contributed by atoms with van der Waals surface area (Å²) < 4.78 is 0. The summed E-state index contributed by atoms with van der Waals surface area (Å²) in [7, 11) is 0. The highest BCUT2D eigenvalue weighted by Gasteiger charge is 2.25. The molecule has 3 aromatic rings.